The molecule has 0 radical (unpaired) electrons. The summed E-state index contributed by atoms with van der Waals surface area (Å²) in [6.07, 6.45) is 1.44. The Kier molecular flexibility index (Phi) is 6.19. The standard InChI is InChI=1S/C23H22F2N2O4/c1-23(2)17-6-4-5-7-19(17)27(3)20(23)11-15(28)13-31-21(29)12-26-22(30)16-9-8-14(24)10-18(16)25/h4-11H,12-13H2,1-3H3,(H,26,30)/b20-11-. The molecule has 6 nitrogen and oxygen atoms in total. The molecule has 0 saturated carbocycles. The Balaban J connectivity index is 1.55. The highest BCUT2D eigenvalue weighted by molar-refractivity contribution is 5.97. The van der Waals surface area contributed by atoms with Gasteiger partial charge in [0.25, 0.3) is 5.91 Å². The first-order valence-corrected chi connectivity index (χ1v) is 9.58. The lowest BCUT2D eigenvalue weighted by Crippen LogP contribution is -2.32. The second-order valence-corrected chi connectivity index (χ2v) is 7.66. The molecule has 1 aliphatic heterocycles. The van der Waals surface area contributed by atoms with Crippen LogP contribution in [-0.2, 0) is 19.7 Å². The molecule has 2 aromatic carbocycles. The number of amides is 1. The van der Waals surface area contributed by atoms with Crippen molar-refractivity contribution in [2.75, 3.05) is 25.1 Å². The van der Waals surface area contributed by atoms with Gasteiger partial charge >= 0.3 is 5.97 Å². The van der Waals surface area contributed by atoms with E-state index in [-0.39, 0.29) is 0 Å². The van der Waals surface area contributed by atoms with Gasteiger partial charge in [0.05, 0.1) is 5.56 Å². The molecule has 31 heavy (non-hydrogen) atoms. The first kappa shape index (κ1) is 22.1. The van der Waals surface area contributed by atoms with Gasteiger partial charge in [-0.1, -0.05) is 32.0 Å². The van der Waals surface area contributed by atoms with Crippen molar-refractivity contribution in [1.82, 2.24) is 5.32 Å². The van der Waals surface area contributed by atoms with Gasteiger partial charge in [0.2, 0.25) is 0 Å². The zero-order valence-corrected chi connectivity index (χ0v) is 17.4. The van der Waals surface area contributed by atoms with Gasteiger partial charge in [0.15, 0.2) is 12.4 Å². The average Bonchev–Trinajstić information content (AvgIpc) is 2.91. The van der Waals surface area contributed by atoms with Crippen molar-refractivity contribution < 1.29 is 27.9 Å². The number of carbonyl (C=O) groups excluding carboxylic acids is 3. The normalized spacial score (nSPS) is 15.5. The summed E-state index contributed by atoms with van der Waals surface area (Å²) in [7, 11) is 1.86. The van der Waals surface area contributed by atoms with E-state index in [1.165, 1.54) is 6.08 Å². The molecule has 1 heterocycles. The fraction of sp³-hybridized carbons (Fsp3) is 0.261. The maximum absolute atomic E-state index is 13.6. The Morgan fingerprint density at radius 1 is 1.13 bits per heavy atom. The van der Waals surface area contributed by atoms with E-state index >= 15 is 0 Å². The molecule has 0 bridgehead atoms. The zero-order chi connectivity index (χ0) is 22.8. The summed E-state index contributed by atoms with van der Waals surface area (Å²) in [4.78, 5) is 38.1. The van der Waals surface area contributed by atoms with Gasteiger partial charge in [0, 0.05) is 36.0 Å². The topological polar surface area (TPSA) is 75.7 Å². The smallest absolute Gasteiger partial charge is 0.325 e. The second kappa shape index (κ2) is 8.67. The molecule has 3 rings (SSSR count). The number of nitrogens with zero attached hydrogens (tertiary/aromatic N) is 1. The van der Waals surface area contributed by atoms with Crippen molar-refractivity contribution in [3.05, 3.63) is 77.0 Å². The Bertz CT molecular complexity index is 1080. The molecule has 8 heteroatoms. The third-order valence-electron chi connectivity index (χ3n) is 5.18. The van der Waals surface area contributed by atoms with E-state index in [2.05, 4.69) is 5.32 Å². The van der Waals surface area contributed by atoms with Crippen LogP contribution in [0.1, 0.15) is 29.8 Å². The fourth-order valence-corrected chi connectivity index (χ4v) is 3.58. The minimum absolute atomic E-state index is 0.391. The van der Waals surface area contributed by atoms with Crippen LogP contribution in [0.3, 0.4) is 0 Å². The maximum atomic E-state index is 13.6. The molecule has 0 spiro atoms. The average molecular weight is 428 g/mol. The molecular weight excluding hydrogens is 406 g/mol. The van der Waals surface area contributed by atoms with E-state index in [0.717, 1.165) is 29.1 Å². The van der Waals surface area contributed by atoms with Crippen molar-refractivity contribution in [2.45, 2.75) is 19.3 Å². The largest absolute Gasteiger partial charge is 0.456 e. The number of benzene rings is 2. The predicted molar refractivity (Wildman–Crippen MR) is 111 cm³/mol. The van der Waals surface area contributed by atoms with Gasteiger partial charge in [-0.05, 0) is 23.8 Å². The number of anilines is 1. The third kappa shape index (κ3) is 4.63. The summed E-state index contributed by atoms with van der Waals surface area (Å²) in [5.74, 6) is -4.02. The van der Waals surface area contributed by atoms with Crippen LogP contribution in [-0.4, -0.2) is 37.9 Å². The Morgan fingerprint density at radius 3 is 2.52 bits per heavy atom. The summed E-state index contributed by atoms with van der Waals surface area (Å²) >= 11 is 0. The molecule has 1 aliphatic rings. The predicted octanol–water partition coefficient (Wildman–Crippen LogP) is 3.12. The molecule has 1 amide bonds. The van der Waals surface area contributed by atoms with Crippen LogP contribution >= 0.6 is 0 Å². The van der Waals surface area contributed by atoms with Crippen molar-refractivity contribution in [3.63, 3.8) is 0 Å². The number of ether oxygens (including phenoxy) is 1. The molecular formula is C23H22F2N2O4. The molecule has 0 aromatic heterocycles. The number of nitrogens with one attached hydrogen (secondary N) is 1. The van der Waals surface area contributed by atoms with E-state index < -0.39 is 53.4 Å². The SMILES string of the molecule is CN1/C(=C\C(=O)COC(=O)CNC(=O)c2ccc(F)cc2F)C(C)(C)c2ccccc21. The van der Waals surface area contributed by atoms with Crippen LogP contribution in [0.2, 0.25) is 0 Å². The van der Waals surface area contributed by atoms with Crippen LogP contribution in [0.15, 0.2) is 54.2 Å². The van der Waals surface area contributed by atoms with E-state index in [4.69, 9.17) is 4.74 Å². The summed E-state index contributed by atoms with van der Waals surface area (Å²) in [5, 5.41) is 2.18. The van der Waals surface area contributed by atoms with E-state index in [9.17, 15) is 23.2 Å². The lowest BCUT2D eigenvalue weighted by Gasteiger charge is -2.23. The number of para-hydroxylation sites is 1. The maximum Gasteiger partial charge on any atom is 0.325 e. The summed E-state index contributed by atoms with van der Waals surface area (Å²) in [6, 6.07) is 10.3. The number of rotatable bonds is 6. The van der Waals surface area contributed by atoms with Gasteiger partial charge in [-0.2, -0.15) is 0 Å². The summed E-state index contributed by atoms with van der Waals surface area (Å²) in [6.45, 7) is 2.95. The van der Waals surface area contributed by atoms with Gasteiger partial charge in [-0.15, -0.1) is 0 Å². The lowest BCUT2D eigenvalue weighted by atomic mass is 9.83. The van der Waals surface area contributed by atoms with Gasteiger partial charge < -0.3 is 15.0 Å². The molecule has 2 aromatic rings. The molecule has 162 valence electrons. The Labute approximate surface area is 178 Å². The van der Waals surface area contributed by atoms with Gasteiger partial charge in [-0.25, -0.2) is 8.78 Å². The first-order valence-electron chi connectivity index (χ1n) is 9.58. The Hall–Kier alpha value is -3.55. The second-order valence-electron chi connectivity index (χ2n) is 7.66. The van der Waals surface area contributed by atoms with Gasteiger partial charge in [-0.3, -0.25) is 14.4 Å². The lowest BCUT2D eigenvalue weighted by molar-refractivity contribution is -0.145. The van der Waals surface area contributed by atoms with Crippen molar-refractivity contribution in [1.29, 1.82) is 0 Å². The van der Waals surface area contributed by atoms with Crippen LogP contribution in [0.5, 0.6) is 0 Å². The molecule has 0 saturated heterocycles. The number of hydrogen-bond donors (Lipinski definition) is 1. The number of allylic oxidation sites excluding steroid dienone is 1. The van der Waals surface area contributed by atoms with Crippen molar-refractivity contribution in [2.24, 2.45) is 0 Å². The molecule has 0 aliphatic carbocycles. The van der Waals surface area contributed by atoms with E-state index in [1.807, 2.05) is 50.1 Å². The van der Waals surface area contributed by atoms with Crippen molar-refractivity contribution >= 4 is 23.3 Å². The molecule has 0 unspecified atom stereocenters. The van der Waals surface area contributed by atoms with Gasteiger partial charge in [0.1, 0.15) is 18.2 Å². The number of likely N-dealkylation sites (N-methyl/N-ethyl adjacent to an activating group) is 1. The zero-order valence-electron chi connectivity index (χ0n) is 17.4. The first-order chi connectivity index (χ1) is 14.6. The minimum atomic E-state index is -1.04. The fourth-order valence-electron chi connectivity index (χ4n) is 3.58. The van der Waals surface area contributed by atoms with Crippen molar-refractivity contribution in [3.8, 4) is 0 Å². The van der Waals surface area contributed by atoms with Crippen LogP contribution in [0.25, 0.3) is 0 Å². The number of ketones is 1. The van der Waals surface area contributed by atoms with E-state index in [1.54, 1.807) is 0 Å². The Morgan fingerprint density at radius 2 is 1.84 bits per heavy atom. The highest BCUT2D eigenvalue weighted by atomic mass is 19.1. The number of halogens is 2. The van der Waals surface area contributed by atoms with Crippen LogP contribution in [0.4, 0.5) is 14.5 Å². The summed E-state index contributed by atoms with van der Waals surface area (Å²) < 4.78 is 31.4. The third-order valence-corrected chi connectivity index (χ3v) is 5.18. The summed E-state index contributed by atoms with van der Waals surface area (Å²) in [5.41, 5.74) is 2.07. The number of carbonyl (C=O) groups is 3. The highest BCUT2D eigenvalue weighted by Gasteiger charge is 2.38. The quantitative estimate of drug-likeness (QED) is 0.565. The highest BCUT2D eigenvalue weighted by Crippen LogP contribution is 2.46. The monoisotopic (exact) mass is 428 g/mol. The van der Waals surface area contributed by atoms with E-state index in [0.29, 0.717) is 6.07 Å². The molecule has 1 N–H and O–H groups in total. The van der Waals surface area contributed by atoms with Crippen LogP contribution in [0, 0.1) is 11.6 Å². The minimum Gasteiger partial charge on any atom is -0.456 e. The molecule has 0 atom stereocenters. The number of fused-ring (bicyclic) bond motifs is 1. The number of esters is 1. The molecule has 0 fully saturated rings. The van der Waals surface area contributed by atoms with Crippen LogP contribution < -0.4 is 10.2 Å². The number of hydrogen-bond acceptors (Lipinski definition) is 5.